The SMILES string of the molecule is O=C(NCCC1CCCNC1)c1cc([N+](=O)[O-])ccc1Oc1ccccc1. The number of ether oxygens (including phenoxy) is 1. The molecule has 2 N–H and O–H groups in total. The first kappa shape index (κ1) is 18.8. The lowest BCUT2D eigenvalue weighted by Crippen LogP contribution is -2.33. The Hall–Kier alpha value is -2.93. The van der Waals surface area contributed by atoms with Crippen molar-refractivity contribution in [3.63, 3.8) is 0 Å². The van der Waals surface area contributed by atoms with Crippen molar-refractivity contribution in [1.82, 2.24) is 10.6 Å². The molecule has 0 aliphatic carbocycles. The van der Waals surface area contributed by atoms with E-state index in [1.807, 2.05) is 18.2 Å². The lowest BCUT2D eigenvalue weighted by atomic mass is 9.96. The number of carbonyl (C=O) groups is 1. The average Bonchev–Trinajstić information content (AvgIpc) is 2.69. The van der Waals surface area contributed by atoms with Crippen LogP contribution in [-0.2, 0) is 0 Å². The minimum Gasteiger partial charge on any atom is -0.457 e. The van der Waals surface area contributed by atoms with Gasteiger partial charge in [0.15, 0.2) is 0 Å². The second kappa shape index (κ2) is 9.14. The number of nitrogens with one attached hydrogen (secondary N) is 2. The first-order chi connectivity index (χ1) is 13.1. The van der Waals surface area contributed by atoms with E-state index in [2.05, 4.69) is 10.6 Å². The molecule has 27 heavy (non-hydrogen) atoms. The van der Waals surface area contributed by atoms with Crippen LogP contribution in [-0.4, -0.2) is 30.5 Å². The van der Waals surface area contributed by atoms with E-state index in [9.17, 15) is 14.9 Å². The van der Waals surface area contributed by atoms with Gasteiger partial charge in [-0.25, -0.2) is 0 Å². The molecule has 1 heterocycles. The first-order valence-corrected chi connectivity index (χ1v) is 9.14. The Kier molecular flexibility index (Phi) is 6.38. The molecule has 7 nitrogen and oxygen atoms in total. The Morgan fingerprint density at radius 2 is 2.07 bits per heavy atom. The van der Waals surface area contributed by atoms with E-state index in [0.717, 1.165) is 32.4 Å². The summed E-state index contributed by atoms with van der Waals surface area (Å²) in [6.45, 7) is 2.55. The molecular formula is C20H23N3O4. The third-order valence-electron chi connectivity index (χ3n) is 4.63. The van der Waals surface area contributed by atoms with Gasteiger partial charge in [-0.3, -0.25) is 14.9 Å². The Bertz CT molecular complexity index is 789. The van der Waals surface area contributed by atoms with Crippen molar-refractivity contribution in [1.29, 1.82) is 0 Å². The van der Waals surface area contributed by atoms with Crippen LogP contribution in [0.1, 0.15) is 29.6 Å². The van der Waals surface area contributed by atoms with Gasteiger partial charge in [0.25, 0.3) is 11.6 Å². The number of carbonyl (C=O) groups excluding carboxylic acids is 1. The van der Waals surface area contributed by atoms with Crippen molar-refractivity contribution >= 4 is 11.6 Å². The number of nitro benzene ring substituents is 1. The van der Waals surface area contributed by atoms with Gasteiger partial charge in [-0.15, -0.1) is 0 Å². The van der Waals surface area contributed by atoms with Crippen LogP contribution in [0.2, 0.25) is 0 Å². The number of amides is 1. The molecule has 2 aromatic rings. The number of piperidine rings is 1. The number of rotatable bonds is 7. The third-order valence-corrected chi connectivity index (χ3v) is 4.63. The second-order valence-corrected chi connectivity index (χ2v) is 6.61. The molecule has 1 atom stereocenters. The van der Waals surface area contributed by atoms with Gasteiger partial charge in [0.2, 0.25) is 0 Å². The Morgan fingerprint density at radius 3 is 2.78 bits per heavy atom. The zero-order chi connectivity index (χ0) is 19.1. The molecule has 1 aliphatic heterocycles. The van der Waals surface area contributed by atoms with E-state index in [1.165, 1.54) is 18.2 Å². The second-order valence-electron chi connectivity index (χ2n) is 6.61. The molecule has 1 aliphatic rings. The average molecular weight is 369 g/mol. The monoisotopic (exact) mass is 369 g/mol. The molecule has 1 unspecified atom stereocenters. The quantitative estimate of drug-likeness (QED) is 0.575. The van der Waals surface area contributed by atoms with Crippen LogP contribution in [0, 0.1) is 16.0 Å². The van der Waals surface area contributed by atoms with Crippen molar-refractivity contribution < 1.29 is 14.5 Å². The summed E-state index contributed by atoms with van der Waals surface area (Å²) in [6, 6.07) is 13.1. The highest BCUT2D eigenvalue weighted by molar-refractivity contribution is 5.97. The number of benzene rings is 2. The highest BCUT2D eigenvalue weighted by Crippen LogP contribution is 2.28. The number of nitrogens with zero attached hydrogens (tertiary/aromatic N) is 1. The van der Waals surface area contributed by atoms with E-state index in [4.69, 9.17) is 4.74 Å². The van der Waals surface area contributed by atoms with Crippen molar-refractivity contribution in [3.05, 3.63) is 64.2 Å². The molecular weight excluding hydrogens is 346 g/mol. The van der Waals surface area contributed by atoms with Crippen LogP contribution in [0.25, 0.3) is 0 Å². The minimum atomic E-state index is -0.517. The molecule has 3 rings (SSSR count). The van der Waals surface area contributed by atoms with Gasteiger partial charge in [-0.2, -0.15) is 0 Å². The maximum Gasteiger partial charge on any atom is 0.270 e. The van der Waals surface area contributed by atoms with E-state index in [-0.39, 0.29) is 17.2 Å². The predicted octanol–water partition coefficient (Wildman–Crippen LogP) is 3.51. The number of hydrogen-bond donors (Lipinski definition) is 2. The molecule has 0 spiro atoms. The summed E-state index contributed by atoms with van der Waals surface area (Å²) in [6.07, 6.45) is 3.18. The number of nitro groups is 1. The van der Waals surface area contributed by atoms with Gasteiger partial charge >= 0.3 is 0 Å². The summed E-state index contributed by atoms with van der Waals surface area (Å²) >= 11 is 0. The fraction of sp³-hybridized carbons (Fsp3) is 0.350. The third kappa shape index (κ3) is 5.27. The van der Waals surface area contributed by atoms with Gasteiger partial charge in [0.05, 0.1) is 10.5 Å². The van der Waals surface area contributed by atoms with Gasteiger partial charge in [0, 0.05) is 18.7 Å². The fourth-order valence-electron chi connectivity index (χ4n) is 3.17. The van der Waals surface area contributed by atoms with Gasteiger partial charge in [0.1, 0.15) is 11.5 Å². The molecule has 142 valence electrons. The van der Waals surface area contributed by atoms with Crippen LogP contribution in [0.15, 0.2) is 48.5 Å². The topological polar surface area (TPSA) is 93.5 Å². The molecule has 0 saturated carbocycles. The van der Waals surface area contributed by atoms with Crippen LogP contribution in [0.5, 0.6) is 11.5 Å². The van der Waals surface area contributed by atoms with Gasteiger partial charge in [-0.05, 0) is 56.5 Å². The summed E-state index contributed by atoms with van der Waals surface area (Å²) in [5.41, 5.74) is 0.0202. The van der Waals surface area contributed by atoms with E-state index in [0.29, 0.717) is 24.0 Å². The van der Waals surface area contributed by atoms with Crippen LogP contribution >= 0.6 is 0 Å². The lowest BCUT2D eigenvalue weighted by Gasteiger charge is -2.22. The summed E-state index contributed by atoms with van der Waals surface area (Å²) in [4.78, 5) is 23.2. The normalized spacial score (nSPS) is 16.5. The highest BCUT2D eigenvalue weighted by Gasteiger charge is 2.19. The maximum absolute atomic E-state index is 12.6. The summed E-state index contributed by atoms with van der Waals surface area (Å²) in [5.74, 6) is 1.04. The van der Waals surface area contributed by atoms with Crippen LogP contribution < -0.4 is 15.4 Å². The van der Waals surface area contributed by atoms with Crippen molar-refractivity contribution in [2.75, 3.05) is 19.6 Å². The van der Waals surface area contributed by atoms with E-state index >= 15 is 0 Å². The highest BCUT2D eigenvalue weighted by atomic mass is 16.6. The molecule has 1 fully saturated rings. The molecule has 0 aromatic heterocycles. The minimum absolute atomic E-state index is 0.142. The summed E-state index contributed by atoms with van der Waals surface area (Å²) in [7, 11) is 0. The molecule has 2 aromatic carbocycles. The molecule has 7 heteroatoms. The van der Waals surface area contributed by atoms with Crippen LogP contribution in [0.3, 0.4) is 0 Å². The van der Waals surface area contributed by atoms with Crippen LogP contribution in [0.4, 0.5) is 5.69 Å². The molecule has 1 amide bonds. The first-order valence-electron chi connectivity index (χ1n) is 9.14. The Morgan fingerprint density at radius 1 is 1.26 bits per heavy atom. The lowest BCUT2D eigenvalue weighted by molar-refractivity contribution is -0.384. The van der Waals surface area contributed by atoms with Crippen molar-refractivity contribution in [2.24, 2.45) is 5.92 Å². The Labute approximate surface area is 157 Å². The van der Waals surface area contributed by atoms with Gasteiger partial charge in [-0.1, -0.05) is 18.2 Å². The number of para-hydroxylation sites is 1. The van der Waals surface area contributed by atoms with E-state index < -0.39 is 4.92 Å². The largest absolute Gasteiger partial charge is 0.457 e. The fourth-order valence-corrected chi connectivity index (χ4v) is 3.17. The number of non-ortho nitro benzene ring substituents is 1. The summed E-state index contributed by atoms with van der Waals surface area (Å²) in [5, 5.41) is 17.3. The Balaban J connectivity index is 1.71. The molecule has 1 saturated heterocycles. The molecule has 0 bridgehead atoms. The van der Waals surface area contributed by atoms with Gasteiger partial charge < -0.3 is 15.4 Å². The standard InChI is InChI=1S/C20H23N3O4/c24-20(22-12-10-15-5-4-11-21-14-15)18-13-16(23(25)26)8-9-19(18)27-17-6-2-1-3-7-17/h1-3,6-9,13,15,21H,4-5,10-12,14H2,(H,22,24). The molecule has 0 radical (unpaired) electrons. The van der Waals surface area contributed by atoms with Crippen molar-refractivity contribution in [2.45, 2.75) is 19.3 Å². The number of hydrogen-bond acceptors (Lipinski definition) is 5. The zero-order valence-electron chi connectivity index (χ0n) is 15.0. The maximum atomic E-state index is 12.6. The smallest absolute Gasteiger partial charge is 0.270 e. The van der Waals surface area contributed by atoms with Crippen molar-refractivity contribution in [3.8, 4) is 11.5 Å². The van der Waals surface area contributed by atoms with E-state index in [1.54, 1.807) is 12.1 Å². The zero-order valence-corrected chi connectivity index (χ0v) is 15.0. The predicted molar refractivity (Wildman–Crippen MR) is 102 cm³/mol. The summed E-state index contributed by atoms with van der Waals surface area (Å²) < 4.78 is 5.77.